The van der Waals surface area contributed by atoms with Gasteiger partial charge < -0.3 is 10.8 Å². The molecule has 66 valence electrons. The molecule has 0 saturated carbocycles. The van der Waals surface area contributed by atoms with Crippen LogP contribution in [0.5, 0.6) is 5.75 Å². The number of aromatic hydroxyl groups is 1. The van der Waals surface area contributed by atoms with Gasteiger partial charge in [0, 0.05) is 0 Å². The standard InChI is InChI=1S/C9H12ClNO/c10-8-6-7(2-1-5-11)3-4-9(8)12/h3-4,6,12H,1-2,5,11H2. The second-order valence-electron chi connectivity index (χ2n) is 2.68. The van der Waals surface area contributed by atoms with Gasteiger partial charge in [0.2, 0.25) is 0 Å². The molecule has 0 aliphatic rings. The summed E-state index contributed by atoms with van der Waals surface area (Å²) in [6, 6.07) is 5.23. The summed E-state index contributed by atoms with van der Waals surface area (Å²) in [5, 5.41) is 9.52. The molecule has 0 heterocycles. The Balaban J connectivity index is 2.69. The number of nitrogens with two attached hydrogens (primary N) is 1. The summed E-state index contributed by atoms with van der Waals surface area (Å²) in [6.45, 7) is 0.679. The third-order valence-corrected chi connectivity index (χ3v) is 1.98. The van der Waals surface area contributed by atoms with Crippen molar-refractivity contribution in [2.24, 2.45) is 5.73 Å². The molecule has 0 aliphatic heterocycles. The van der Waals surface area contributed by atoms with Crippen LogP contribution in [0.4, 0.5) is 0 Å². The molecule has 0 saturated heterocycles. The van der Waals surface area contributed by atoms with Crippen molar-refractivity contribution in [3.8, 4) is 5.75 Å². The van der Waals surface area contributed by atoms with Crippen molar-refractivity contribution in [2.75, 3.05) is 6.54 Å². The first-order chi connectivity index (χ1) is 5.74. The van der Waals surface area contributed by atoms with Crippen molar-refractivity contribution in [3.05, 3.63) is 28.8 Å². The minimum absolute atomic E-state index is 0.133. The van der Waals surface area contributed by atoms with E-state index in [2.05, 4.69) is 0 Å². The maximum atomic E-state index is 9.11. The summed E-state index contributed by atoms with van der Waals surface area (Å²) in [4.78, 5) is 0. The number of phenolic OH excluding ortho intramolecular Hbond substituents is 1. The Hall–Kier alpha value is -0.730. The van der Waals surface area contributed by atoms with Gasteiger partial charge in [-0.2, -0.15) is 0 Å². The van der Waals surface area contributed by atoms with Crippen LogP contribution in [0.25, 0.3) is 0 Å². The van der Waals surface area contributed by atoms with E-state index in [1.165, 1.54) is 0 Å². The molecule has 1 aromatic rings. The molecular weight excluding hydrogens is 174 g/mol. The number of halogens is 1. The van der Waals surface area contributed by atoms with E-state index in [0.29, 0.717) is 11.6 Å². The van der Waals surface area contributed by atoms with Crippen LogP contribution in [0, 0.1) is 0 Å². The lowest BCUT2D eigenvalue weighted by molar-refractivity contribution is 0.475. The van der Waals surface area contributed by atoms with E-state index in [0.717, 1.165) is 18.4 Å². The van der Waals surface area contributed by atoms with E-state index in [9.17, 15) is 0 Å². The van der Waals surface area contributed by atoms with E-state index < -0.39 is 0 Å². The zero-order valence-corrected chi connectivity index (χ0v) is 7.51. The average molecular weight is 186 g/mol. The normalized spacial score (nSPS) is 10.2. The highest BCUT2D eigenvalue weighted by atomic mass is 35.5. The minimum atomic E-state index is 0.133. The number of aryl methyl sites for hydroxylation is 1. The molecule has 0 aromatic heterocycles. The molecular formula is C9H12ClNO. The lowest BCUT2D eigenvalue weighted by Crippen LogP contribution is -2.00. The van der Waals surface area contributed by atoms with Gasteiger partial charge in [0.15, 0.2) is 0 Å². The Kier molecular flexibility index (Phi) is 3.38. The van der Waals surface area contributed by atoms with Gasteiger partial charge in [-0.05, 0) is 37.1 Å². The van der Waals surface area contributed by atoms with Gasteiger partial charge in [0.05, 0.1) is 5.02 Å². The first-order valence-corrected chi connectivity index (χ1v) is 4.29. The van der Waals surface area contributed by atoms with Crippen molar-refractivity contribution in [1.82, 2.24) is 0 Å². The predicted molar refractivity (Wildman–Crippen MR) is 50.5 cm³/mol. The maximum Gasteiger partial charge on any atom is 0.134 e. The minimum Gasteiger partial charge on any atom is -0.506 e. The van der Waals surface area contributed by atoms with Crippen molar-refractivity contribution in [3.63, 3.8) is 0 Å². The highest BCUT2D eigenvalue weighted by molar-refractivity contribution is 6.32. The third-order valence-electron chi connectivity index (χ3n) is 1.68. The van der Waals surface area contributed by atoms with Gasteiger partial charge >= 0.3 is 0 Å². The number of hydrogen-bond acceptors (Lipinski definition) is 2. The van der Waals surface area contributed by atoms with Gasteiger partial charge in [-0.3, -0.25) is 0 Å². The van der Waals surface area contributed by atoms with Crippen LogP contribution in [0.3, 0.4) is 0 Å². The summed E-state index contributed by atoms with van der Waals surface area (Å²) in [7, 11) is 0. The largest absolute Gasteiger partial charge is 0.506 e. The number of phenols is 1. The highest BCUT2D eigenvalue weighted by Gasteiger charge is 1.98. The monoisotopic (exact) mass is 185 g/mol. The Labute approximate surface area is 77.0 Å². The molecule has 0 atom stereocenters. The van der Waals surface area contributed by atoms with E-state index in [-0.39, 0.29) is 5.75 Å². The Morgan fingerprint density at radius 3 is 2.75 bits per heavy atom. The zero-order valence-electron chi connectivity index (χ0n) is 6.76. The van der Waals surface area contributed by atoms with E-state index in [4.69, 9.17) is 22.4 Å². The highest BCUT2D eigenvalue weighted by Crippen LogP contribution is 2.23. The lowest BCUT2D eigenvalue weighted by atomic mass is 10.1. The van der Waals surface area contributed by atoms with Crippen molar-refractivity contribution in [2.45, 2.75) is 12.8 Å². The van der Waals surface area contributed by atoms with E-state index in [1.54, 1.807) is 12.1 Å². The molecule has 0 bridgehead atoms. The fourth-order valence-corrected chi connectivity index (χ4v) is 1.22. The fourth-order valence-electron chi connectivity index (χ4n) is 1.01. The predicted octanol–water partition coefficient (Wildman–Crippen LogP) is 1.94. The van der Waals surface area contributed by atoms with Gasteiger partial charge in [-0.25, -0.2) is 0 Å². The van der Waals surface area contributed by atoms with Crippen LogP contribution in [-0.4, -0.2) is 11.7 Å². The molecule has 1 aromatic carbocycles. The molecule has 0 amide bonds. The molecule has 2 nitrogen and oxygen atoms in total. The van der Waals surface area contributed by atoms with Crippen LogP contribution in [0.15, 0.2) is 18.2 Å². The summed E-state index contributed by atoms with van der Waals surface area (Å²) < 4.78 is 0. The molecule has 0 radical (unpaired) electrons. The van der Waals surface area contributed by atoms with Gasteiger partial charge in [0.25, 0.3) is 0 Å². The molecule has 1 rings (SSSR count). The average Bonchev–Trinajstić information content (AvgIpc) is 2.07. The van der Waals surface area contributed by atoms with Gasteiger partial charge in [0.1, 0.15) is 5.75 Å². The SMILES string of the molecule is NCCCc1ccc(O)c(Cl)c1. The summed E-state index contributed by atoms with van der Waals surface area (Å²) in [5.41, 5.74) is 6.48. The molecule has 3 N–H and O–H groups in total. The van der Waals surface area contributed by atoms with Gasteiger partial charge in [-0.1, -0.05) is 17.7 Å². The van der Waals surface area contributed by atoms with Crippen LogP contribution >= 0.6 is 11.6 Å². The Bertz CT molecular complexity index is 263. The molecule has 0 spiro atoms. The van der Waals surface area contributed by atoms with Crippen molar-refractivity contribution >= 4 is 11.6 Å². The number of rotatable bonds is 3. The Morgan fingerprint density at radius 2 is 2.17 bits per heavy atom. The van der Waals surface area contributed by atoms with Crippen LogP contribution in [0.1, 0.15) is 12.0 Å². The molecule has 0 fully saturated rings. The molecule has 0 aliphatic carbocycles. The van der Waals surface area contributed by atoms with Crippen molar-refractivity contribution < 1.29 is 5.11 Å². The number of hydrogen-bond donors (Lipinski definition) is 2. The van der Waals surface area contributed by atoms with Crippen LogP contribution in [-0.2, 0) is 6.42 Å². The van der Waals surface area contributed by atoms with Crippen molar-refractivity contribution in [1.29, 1.82) is 0 Å². The van der Waals surface area contributed by atoms with Crippen LogP contribution < -0.4 is 5.73 Å². The van der Waals surface area contributed by atoms with Crippen LogP contribution in [0.2, 0.25) is 5.02 Å². The third kappa shape index (κ3) is 2.40. The molecule has 12 heavy (non-hydrogen) atoms. The Morgan fingerprint density at radius 1 is 1.42 bits per heavy atom. The molecule has 3 heteroatoms. The maximum absolute atomic E-state index is 9.11. The zero-order chi connectivity index (χ0) is 8.97. The lowest BCUT2D eigenvalue weighted by Gasteiger charge is -2.01. The quantitative estimate of drug-likeness (QED) is 0.756. The summed E-state index contributed by atoms with van der Waals surface area (Å²) in [5.74, 6) is 0.133. The molecule has 0 unspecified atom stereocenters. The number of benzene rings is 1. The smallest absolute Gasteiger partial charge is 0.134 e. The van der Waals surface area contributed by atoms with Gasteiger partial charge in [-0.15, -0.1) is 0 Å². The summed E-state index contributed by atoms with van der Waals surface area (Å²) in [6.07, 6.45) is 1.86. The first kappa shape index (κ1) is 9.36. The second-order valence-corrected chi connectivity index (χ2v) is 3.09. The summed E-state index contributed by atoms with van der Waals surface area (Å²) >= 11 is 5.71. The van der Waals surface area contributed by atoms with E-state index >= 15 is 0 Å². The second kappa shape index (κ2) is 4.33. The topological polar surface area (TPSA) is 46.2 Å². The van der Waals surface area contributed by atoms with E-state index in [1.807, 2.05) is 6.07 Å². The fraction of sp³-hybridized carbons (Fsp3) is 0.333. The first-order valence-electron chi connectivity index (χ1n) is 3.91.